The molecule has 2 N–H and O–H groups in total. The first-order valence-electron chi connectivity index (χ1n) is 9.61. The second-order valence-corrected chi connectivity index (χ2v) is 7.11. The molecule has 3 aromatic rings. The second kappa shape index (κ2) is 8.31. The number of fused-ring (bicyclic) bond motifs is 1. The van der Waals surface area contributed by atoms with E-state index in [2.05, 4.69) is 29.6 Å². The summed E-state index contributed by atoms with van der Waals surface area (Å²) in [5.74, 6) is 1.56. The van der Waals surface area contributed by atoms with Crippen molar-refractivity contribution in [2.24, 2.45) is 0 Å². The Bertz CT molecular complexity index is 919. The highest BCUT2D eigenvalue weighted by Crippen LogP contribution is 2.16. The van der Waals surface area contributed by atoms with E-state index in [4.69, 9.17) is 9.15 Å². The summed E-state index contributed by atoms with van der Waals surface area (Å²) in [5.41, 5.74) is 3.42. The van der Waals surface area contributed by atoms with Crippen molar-refractivity contribution in [1.29, 1.82) is 0 Å². The molecule has 1 aromatic heterocycles. The van der Waals surface area contributed by atoms with Crippen molar-refractivity contribution in [3.63, 3.8) is 0 Å². The van der Waals surface area contributed by atoms with Crippen LogP contribution in [0.25, 0.3) is 0 Å². The minimum atomic E-state index is -0.0870. The van der Waals surface area contributed by atoms with Crippen molar-refractivity contribution < 1.29 is 18.8 Å². The summed E-state index contributed by atoms with van der Waals surface area (Å²) in [6, 6.07) is 19.7. The third kappa shape index (κ3) is 3.94. The van der Waals surface area contributed by atoms with Crippen LogP contribution in [0.3, 0.4) is 0 Å². The number of ether oxygens (including phenoxy) is 1. The zero-order valence-electron chi connectivity index (χ0n) is 16.0. The van der Waals surface area contributed by atoms with Gasteiger partial charge < -0.3 is 19.4 Å². The Labute approximate surface area is 164 Å². The largest absolute Gasteiger partial charge is 0.497 e. The van der Waals surface area contributed by atoms with Crippen molar-refractivity contribution in [3.8, 4) is 5.75 Å². The van der Waals surface area contributed by atoms with Crippen LogP contribution in [0, 0.1) is 0 Å². The molecule has 2 heterocycles. The van der Waals surface area contributed by atoms with Gasteiger partial charge in [-0.25, -0.2) is 0 Å². The molecular formula is C23H25N2O3+. The van der Waals surface area contributed by atoms with Gasteiger partial charge in [0.25, 0.3) is 5.91 Å². The lowest BCUT2D eigenvalue weighted by Gasteiger charge is -2.31. The third-order valence-corrected chi connectivity index (χ3v) is 5.45. The number of carbonyl (C=O) groups is 1. The molecular weight excluding hydrogens is 352 g/mol. The molecule has 5 nitrogen and oxygen atoms in total. The van der Waals surface area contributed by atoms with Gasteiger partial charge in [0.15, 0.2) is 11.8 Å². The van der Waals surface area contributed by atoms with Crippen LogP contribution in [0.1, 0.15) is 33.3 Å². The average Bonchev–Trinajstić information content (AvgIpc) is 3.28. The summed E-state index contributed by atoms with van der Waals surface area (Å²) in [7, 11) is 1.61. The van der Waals surface area contributed by atoms with Crippen molar-refractivity contribution in [1.82, 2.24) is 5.32 Å². The maximum Gasteiger partial charge on any atom is 0.251 e. The number of hydrogen-bond donors (Lipinski definition) is 2. The van der Waals surface area contributed by atoms with Crippen LogP contribution in [0.15, 0.2) is 71.3 Å². The first-order chi connectivity index (χ1) is 13.7. The molecule has 0 fully saturated rings. The number of amides is 1. The summed E-state index contributed by atoms with van der Waals surface area (Å²) in [5, 5.41) is 3.09. The normalized spacial score (nSPS) is 16.8. The van der Waals surface area contributed by atoms with Gasteiger partial charge in [-0.15, -0.1) is 0 Å². The highest BCUT2D eigenvalue weighted by atomic mass is 16.5. The maximum atomic E-state index is 12.6. The van der Waals surface area contributed by atoms with Crippen molar-refractivity contribution in [2.75, 3.05) is 20.2 Å². The number of quaternary nitrogens is 1. The van der Waals surface area contributed by atoms with E-state index in [1.165, 1.54) is 16.0 Å². The fraction of sp³-hybridized carbons (Fsp3) is 0.261. The molecule has 28 heavy (non-hydrogen) atoms. The maximum absolute atomic E-state index is 12.6. The highest BCUT2D eigenvalue weighted by Gasteiger charge is 2.30. The lowest BCUT2D eigenvalue weighted by Crippen LogP contribution is -3.12. The molecule has 0 bridgehead atoms. The average molecular weight is 377 g/mol. The number of benzene rings is 2. The van der Waals surface area contributed by atoms with E-state index in [1.54, 1.807) is 37.6 Å². The smallest absolute Gasteiger partial charge is 0.251 e. The van der Waals surface area contributed by atoms with Gasteiger partial charge >= 0.3 is 0 Å². The van der Waals surface area contributed by atoms with Crippen LogP contribution < -0.4 is 15.0 Å². The van der Waals surface area contributed by atoms with Gasteiger partial charge in [0.1, 0.15) is 12.3 Å². The van der Waals surface area contributed by atoms with E-state index in [0.29, 0.717) is 12.1 Å². The van der Waals surface area contributed by atoms with Gasteiger partial charge in [0, 0.05) is 17.5 Å². The summed E-state index contributed by atoms with van der Waals surface area (Å²) >= 11 is 0. The molecule has 1 unspecified atom stereocenters. The van der Waals surface area contributed by atoms with Crippen LogP contribution in [-0.2, 0) is 13.0 Å². The van der Waals surface area contributed by atoms with Crippen molar-refractivity contribution >= 4 is 5.91 Å². The van der Waals surface area contributed by atoms with Gasteiger partial charge in [-0.05, 0) is 42.0 Å². The minimum Gasteiger partial charge on any atom is -0.497 e. The van der Waals surface area contributed by atoms with E-state index in [-0.39, 0.29) is 11.9 Å². The van der Waals surface area contributed by atoms with Gasteiger partial charge in [0.05, 0.1) is 26.5 Å². The topological polar surface area (TPSA) is 55.9 Å². The van der Waals surface area contributed by atoms with E-state index in [0.717, 1.165) is 31.0 Å². The quantitative estimate of drug-likeness (QED) is 0.694. The minimum absolute atomic E-state index is 0.0746. The van der Waals surface area contributed by atoms with E-state index in [9.17, 15) is 4.79 Å². The van der Waals surface area contributed by atoms with Crippen LogP contribution in [0.4, 0.5) is 0 Å². The van der Waals surface area contributed by atoms with E-state index in [1.807, 2.05) is 12.1 Å². The fourth-order valence-electron chi connectivity index (χ4n) is 3.87. The lowest BCUT2D eigenvalue weighted by atomic mass is 9.98. The molecule has 0 aliphatic carbocycles. The molecule has 5 heteroatoms. The molecule has 0 spiro atoms. The second-order valence-electron chi connectivity index (χ2n) is 7.11. The molecule has 1 aliphatic rings. The van der Waals surface area contributed by atoms with Gasteiger partial charge in [0.2, 0.25) is 0 Å². The van der Waals surface area contributed by atoms with Gasteiger partial charge in [-0.1, -0.05) is 24.3 Å². The molecule has 2 aromatic carbocycles. The zero-order valence-corrected chi connectivity index (χ0v) is 16.0. The Hall–Kier alpha value is -3.05. The van der Waals surface area contributed by atoms with Gasteiger partial charge in [-0.3, -0.25) is 4.79 Å². The van der Waals surface area contributed by atoms with E-state index < -0.39 is 0 Å². The first kappa shape index (κ1) is 18.3. The van der Waals surface area contributed by atoms with Crippen molar-refractivity contribution in [2.45, 2.75) is 19.0 Å². The summed E-state index contributed by atoms with van der Waals surface area (Å²) in [6.45, 7) is 2.47. The zero-order chi connectivity index (χ0) is 19.3. The Morgan fingerprint density at radius 3 is 2.61 bits per heavy atom. The number of furan rings is 1. The van der Waals surface area contributed by atoms with Crippen LogP contribution in [0.5, 0.6) is 5.75 Å². The number of carbonyl (C=O) groups excluding carboxylic acids is 1. The third-order valence-electron chi connectivity index (χ3n) is 5.45. The SMILES string of the molecule is COc1ccc(C(=O)NC[C@H](c2ccco2)[NH+]2CCc3ccccc3C2)cc1. The Kier molecular flexibility index (Phi) is 5.44. The molecule has 0 saturated heterocycles. The lowest BCUT2D eigenvalue weighted by molar-refractivity contribution is -0.946. The molecule has 0 radical (unpaired) electrons. The number of rotatable bonds is 6. The van der Waals surface area contributed by atoms with Crippen LogP contribution in [-0.4, -0.2) is 26.1 Å². The summed E-state index contributed by atoms with van der Waals surface area (Å²) < 4.78 is 10.9. The monoisotopic (exact) mass is 377 g/mol. The Morgan fingerprint density at radius 1 is 1.11 bits per heavy atom. The first-order valence-corrected chi connectivity index (χ1v) is 9.61. The molecule has 0 saturated carbocycles. The molecule has 1 aliphatic heterocycles. The Balaban J connectivity index is 1.47. The summed E-state index contributed by atoms with van der Waals surface area (Å²) in [6.07, 6.45) is 2.74. The van der Waals surface area contributed by atoms with Crippen molar-refractivity contribution in [3.05, 3.63) is 89.4 Å². The Morgan fingerprint density at radius 2 is 1.89 bits per heavy atom. The van der Waals surface area contributed by atoms with Gasteiger partial charge in [-0.2, -0.15) is 0 Å². The number of nitrogens with one attached hydrogen (secondary N) is 2. The standard InChI is InChI=1S/C23H24N2O3/c1-27-20-10-8-18(9-11-20)23(26)24-15-21(22-7-4-14-28-22)25-13-12-17-5-2-3-6-19(17)16-25/h2-11,14,21H,12-13,15-16H2,1H3,(H,24,26)/p+1/t21-/m1/s1. The number of hydrogen-bond acceptors (Lipinski definition) is 3. The molecule has 2 atom stereocenters. The predicted molar refractivity (Wildman–Crippen MR) is 106 cm³/mol. The van der Waals surface area contributed by atoms with Crippen LogP contribution >= 0.6 is 0 Å². The highest BCUT2D eigenvalue weighted by molar-refractivity contribution is 5.94. The van der Waals surface area contributed by atoms with E-state index >= 15 is 0 Å². The van der Waals surface area contributed by atoms with Crippen LogP contribution in [0.2, 0.25) is 0 Å². The predicted octanol–water partition coefficient (Wildman–Crippen LogP) is 2.40. The molecule has 1 amide bonds. The fourth-order valence-corrected chi connectivity index (χ4v) is 3.87. The summed E-state index contributed by atoms with van der Waals surface area (Å²) in [4.78, 5) is 14.0. The molecule has 144 valence electrons. The molecule has 4 rings (SSSR count). The number of methoxy groups -OCH3 is 1.